The average Bonchev–Trinajstić information content (AvgIpc) is 3.09. The van der Waals surface area contributed by atoms with Crippen LogP contribution in [-0.4, -0.2) is 64.2 Å². The van der Waals surface area contributed by atoms with Crippen LogP contribution < -0.4 is 0 Å². The highest BCUT2D eigenvalue weighted by atomic mass is 19.1. The Balaban J connectivity index is 1.40. The Hall–Kier alpha value is -2.74. The van der Waals surface area contributed by atoms with Crippen molar-refractivity contribution in [2.24, 2.45) is 7.05 Å². The van der Waals surface area contributed by atoms with Crippen LogP contribution in [0.15, 0.2) is 24.3 Å². The number of aromatic nitrogens is 2. The second-order valence-corrected chi connectivity index (χ2v) is 7.86. The highest BCUT2D eigenvalue weighted by molar-refractivity contribution is 5.79. The van der Waals surface area contributed by atoms with Crippen LogP contribution >= 0.6 is 0 Å². The van der Waals surface area contributed by atoms with Crippen LogP contribution in [0.5, 0.6) is 0 Å². The van der Waals surface area contributed by atoms with Crippen molar-refractivity contribution in [2.45, 2.75) is 32.2 Å². The fourth-order valence-electron chi connectivity index (χ4n) is 4.17. The van der Waals surface area contributed by atoms with Gasteiger partial charge >= 0.3 is 0 Å². The molecule has 1 aromatic heterocycles. The molecule has 0 spiro atoms. The van der Waals surface area contributed by atoms with E-state index in [2.05, 4.69) is 5.10 Å². The van der Waals surface area contributed by atoms with E-state index < -0.39 is 0 Å². The van der Waals surface area contributed by atoms with Gasteiger partial charge in [-0.05, 0) is 17.7 Å². The van der Waals surface area contributed by atoms with Crippen molar-refractivity contribution in [1.82, 2.24) is 19.6 Å². The van der Waals surface area contributed by atoms with Crippen molar-refractivity contribution < 1.29 is 18.7 Å². The molecule has 0 radical (unpaired) electrons. The van der Waals surface area contributed by atoms with Crippen molar-refractivity contribution >= 4 is 11.8 Å². The molecule has 30 heavy (non-hydrogen) atoms. The Morgan fingerprint density at radius 1 is 1.07 bits per heavy atom. The molecule has 7 nitrogen and oxygen atoms in total. The first-order chi connectivity index (χ1) is 14.5. The van der Waals surface area contributed by atoms with E-state index in [1.807, 2.05) is 21.5 Å². The lowest BCUT2D eigenvalue weighted by Gasteiger charge is -2.28. The maximum absolute atomic E-state index is 13.1. The number of morpholine rings is 1. The van der Waals surface area contributed by atoms with Gasteiger partial charge in [-0.2, -0.15) is 5.10 Å². The number of aryl methyl sites for hydroxylation is 2. The average molecular weight is 414 g/mol. The number of halogens is 1. The van der Waals surface area contributed by atoms with Crippen molar-refractivity contribution in [3.63, 3.8) is 0 Å². The standard InChI is InChI=1S/C22H27FN4O3/c1-25-20-8-9-27(22(29)14-16-2-4-17(23)5-3-16)15-18(20)19(24-25)6-7-21(28)26-10-12-30-13-11-26/h2-5H,6-15H2,1H3. The summed E-state index contributed by atoms with van der Waals surface area (Å²) in [5.41, 5.74) is 3.89. The SMILES string of the molecule is Cn1nc(CCC(=O)N2CCOCC2)c2c1CCN(C(=O)Cc1ccc(F)cc1)C2. The molecule has 1 saturated heterocycles. The maximum Gasteiger partial charge on any atom is 0.227 e. The molecule has 2 aliphatic rings. The van der Waals surface area contributed by atoms with Gasteiger partial charge in [0.2, 0.25) is 11.8 Å². The molecule has 2 aliphatic heterocycles. The molecular formula is C22H27FN4O3. The number of nitrogens with zero attached hydrogens (tertiary/aromatic N) is 4. The zero-order valence-corrected chi connectivity index (χ0v) is 17.3. The number of carbonyl (C=O) groups is 2. The minimum Gasteiger partial charge on any atom is -0.378 e. The maximum atomic E-state index is 13.1. The van der Waals surface area contributed by atoms with Gasteiger partial charge in [-0.3, -0.25) is 14.3 Å². The van der Waals surface area contributed by atoms with Crippen LogP contribution in [0.2, 0.25) is 0 Å². The van der Waals surface area contributed by atoms with E-state index in [1.165, 1.54) is 12.1 Å². The van der Waals surface area contributed by atoms with E-state index in [4.69, 9.17) is 4.74 Å². The summed E-state index contributed by atoms with van der Waals surface area (Å²) >= 11 is 0. The largest absolute Gasteiger partial charge is 0.378 e. The number of amides is 2. The number of rotatable bonds is 5. The second kappa shape index (κ2) is 8.95. The van der Waals surface area contributed by atoms with Gasteiger partial charge in [0.05, 0.1) is 25.3 Å². The molecule has 3 heterocycles. The Labute approximate surface area is 175 Å². The van der Waals surface area contributed by atoms with Gasteiger partial charge in [-0.25, -0.2) is 4.39 Å². The van der Waals surface area contributed by atoms with Gasteiger partial charge in [0, 0.05) is 63.7 Å². The van der Waals surface area contributed by atoms with E-state index in [0.717, 1.165) is 28.9 Å². The molecule has 0 aliphatic carbocycles. The third-order valence-electron chi connectivity index (χ3n) is 5.89. The van der Waals surface area contributed by atoms with E-state index in [1.54, 1.807) is 12.1 Å². The lowest BCUT2D eigenvalue weighted by Crippen LogP contribution is -2.40. The van der Waals surface area contributed by atoms with Gasteiger partial charge in [0.25, 0.3) is 0 Å². The molecule has 1 aromatic carbocycles. The molecule has 0 saturated carbocycles. The molecule has 8 heteroatoms. The molecular weight excluding hydrogens is 387 g/mol. The number of hydrogen-bond donors (Lipinski definition) is 0. The number of fused-ring (bicyclic) bond motifs is 1. The highest BCUT2D eigenvalue weighted by Gasteiger charge is 2.27. The van der Waals surface area contributed by atoms with E-state index in [-0.39, 0.29) is 24.1 Å². The molecule has 0 atom stereocenters. The summed E-state index contributed by atoms with van der Waals surface area (Å²) in [7, 11) is 1.92. The summed E-state index contributed by atoms with van der Waals surface area (Å²) in [5.74, 6) is -0.162. The summed E-state index contributed by atoms with van der Waals surface area (Å²) < 4.78 is 20.3. The molecule has 0 bridgehead atoms. The quantitative estimate of drug-likeness (QED) is 0.743. The van der Waals surface area contributed by atoms with Crippen LogP contribution in [0.4, 0.5) is 4.39 Å². The minimum atomic E-state index is -0.305. The second-order valence-electron chi connectivity index (χ2n) is 7.86. The Morgan fingerprint density at radius 3 is 2.53 bits per heavy atom. The molecule has 2 aromatic rings. The van der Waals surface area contributed by atoms with Crippen molar-refractivity contribution in [3.05, 3.63) is 52.6 Å². The summed E-state index contributed by atoms with van der Waals surface area (Å²) in [5, 5.41) is 4.64. The molecule has 160 valence electrons. The van der Waals surface area contributed by atoms with Crippen LogP contribution in [0.1, 0.15) is 28.9 Å². The van der Waals surface area contributed by atoms with Gasteiger partial charge in [0.15, 0.2) is 0 Å². The predicted octanol–water partition coefficient (Wildman–Crippen LogP) is 1.48. The first kappa shape index (κ1) is 20.5. The molecule has 2 amide bonds. The molecule has 4 rings (SSSR count). The Kier molecular flexibility index (Phi) is 6.13. The number of benzene rings is 1. The number of ether oxygens (including phenoxy) is 1. The van der Waals surface area contributed by atoms with Gasteiger partial charge < -0.3 is 14.5 Å². The normalized spacial score (nSPS) is 16.5. The number of hydrogen-bond acceptors (Lipinski definition) is 4. The van der Waals surface area contributed by atoms with Crippen LogP contribution in [0.3, 0.4) is 0 Å². The van der Waals surface area contributed by atoms with E-state index >= 15 is 0 Å². The fourth-order valence-corrected chi connectivity index (χ4v) is 4.17. The van der Waals surface area contributed by atoms with Crippen LogP contribution in [0.25, 0.3) is 0 Å². The summed E-state index contributed by atoms with van der Waals surface area (Å²) in [6.45, 7) is 3.62. The lowest BCUT2D eigenvalue weighted by molar-refractivity contribution is -0.135. The Morgan fingerprint density at radius 2 is 1.80 bits per heavy atom. The van der Waals surface area contributed by atoms with Gasteiger partial charge in [0.1, 0.15) is 5.82 Å². The third kappa shape index (κ3) is 4.53. The molecule has 1 fully saturated rings. The molecule has 0 unspecified atom stereocenters. The smallest absolute Gasteiger partial charge is 0.227 e. The Bertz CT molecular complexity index is 919. The third-order valence-corrected chi connectivity index (χ3v) is 5.89. The zero-order chi connectivity index (χ0) is 21.1. The zero-order valence-electron chi connectivity index (χ0n) is 17.3. The number of carbonyl (C=O) groups excluding carboxylic acids is 2. The van der Waals surface area contributed by atoms with Crippen LogP contribution in [0, 0.1) is 5.82 Å². The van der Waals surface area contributed by atoms with Crippen molar-refractivity contribution in [1.29, 1.82) is 0 Å². The predicted molar refractivity (Wildman–Crippen MR) is 108 cm³/mol. The lowest BCUT2D eigenvalue weighted by atomic mass is 10.0. The van der Waals surface area contributed by atoms with Crippen molar-refractivity contribution in [3.8, 4) is 0 Å². The summed E-state index contributed by atoms with van der Waals surface area (Å²) in [4.78, 5) is 29.0. The topological polar surface area (TPSA) is 67.7 Å². The van der Waals surface area contributed by atoms with Crippen LogP contribution in [-0.2, 0) is 47.2 Å². The molecule has 0 N–H and O–H groups in total. The first-order valence-corrected chi connectivity index (χ1v) is 10.4. The van der Waals surface area contributed by atoms with Gasteiger partial charge in [-0.15, -0.1) is 0 Å². The van der Waals surface area contributed by atoms with Crippen molar-refractivity contribution in [2.75, 3.05) is 32.8 Å². The fraction of sp³-hybridized carbons (Fsp3) is 0.500. The summed E-state index contributed by atoms with van der Waals surface area (Å²) in [6, 6.07) is 6.05. The van der Waals surface area contributed by atoms with Gasteiger partial charge in [-0.1, -0.05) is 12.1 Å². The van der Waals surface area contributed by atoms with E-state index in [0.29, 0.717) is 52.2 Å². The minimum absolute atomic E-state index is 0.0199. The first-order valence-electron chi connectivity index (χ1n) is 10.4. The monoisotopic (exact) mass is 414 g/mol. The summed E-state index contributed by atoms with van der Waals surface area (Å²) in [6.07, 6.45) is 1.97. The van der Waals surface area contributed by atoms with E-state index in [9.17, 15) is 14.0 Å². The highest BCUT2D eigenvalue weighted by Crippen LogP contribution is 2.24.